The van der Waals surface area contributed by atoms with Crippen LogP contribution in [0.25, 0.3) is 0 Å². The van der Waals surface area contributed by atoms with Crippen LogP contribution in [0, 0.1) is 5.41 Å². The van der Waals surface area contributed by atoms with Crippen LogP contribution in [0.3, 0.4) is 0 Å². The molecule has 0 saturated heterocycles. The molecular weight excluding hydrogens is 212 g/mol. The fraction of sp³-hybridized carbons (Fsp3) is 0.800. The number of carboxylic acid groups (broad SMARTS) is 1. The second-order valence-corrected chi connectivity index (χ2v) is 4.55. The van der Waals surface area contributed by atoms with Gasteiger partial charge in [-0.3, -0.25) is 4.79 Å². The van der Waals surface area contributed by atoms with Gasteiger partial charge < -0.3 is 20.9 Å². The second-order valence-electron chi connectivity index (χ2n) is 4.55. The van der Waals surface area contributed by atoms with Crippen molar-refractivity contribution in [3.8, 4) is 0 Å². The molecule has 0 heterocycles. The van der Waals surface area contributed by atoms with Gasteiger partial charge in [0.05, 0.1) is 6.61 Å². The molecule has 0 spiro atoms. The van der Waals surface area contributed by atoms with E-state index in [4.69, 9.17) is 15.6 Å². The lowest BCUT2D eigenvalue weighted by molar-refractivity contribution is -0.145. The van der Waals surface area contributed by atoms with E-state index in [9.17, 15) is 9.59 Å². The zero-order valence-electron chi connectivity index (χ0n) is 9.95. The van der Waals surface area contributed by atoms with E-state index in [1.807, 2.05) is 0 Å². The zero-order chi connectivity index (χ0) is 12.8. The maximum absolute atomic E-state index is 11.3. The molecule has 0 aromatic rings. The average Bonchev–Trinajstić information content (AvgIpc) is 2.12. The standard InChI is InChI=1S/C10H20N2O4/c1-10(2,3)8(9(14)15)12-7(13)6-16-5-4-11/h8H,4-6,11H2,1-3H3,(H,12,13)(H,14,15)/t8-/m1/s1. The third-order valence-corrected chi connectivity index (χ3v) is 1.91. The number of carbonyl (C=O) groups excluding carboxylic acids is 1. The molecule has 0 bridgehead atoms. The van der Waals surface area contributed by atoms with Gasteiger partial charge in [-0.1, -0.05) is 20.8 Å². The Morgan fingerprint density at radius 3 is 2.38 bits per heavy atom. The Kier molecular flexibility index (Phi) is 5.98. The summed E-state index contributed by atoms with van der Waals surface area (Å²) in [7, 11) is 0. The number of carbonyl (C=O) groups is 2. The molecule has 1 atom stereocenters. The molecule has 0 saturated carbocycles. The summed E-state index contributed by atoms with van der Waals surface area (Å²) in [6.45, 7) is 5.67. The van der Waals surface area contributed by atoms with Crippen molar-refractivity contribution in [2.75, 3.05) is 19.8 Å². The van der Waals surface area contributed by atoms with Gasteiger partial charge in [0, 0.05) is 6.54 Å². The van der Waals surface area contributed by atoms with Crippen molar-refractivity contribution in [1.82, 2.24) is 5.32 Å². The van der Waals surface area contributed by atoms with E-state index in [0.29, 0.717) is 6.54 Å². The highest BCUT2D eigenvalue weighted by Crippen LogP contribution is 2.19. The van der Waals surface area contributed by atoms with E-state index >= 15 is 0 Å². The van der Waals surface area contributed by atoms with E-state index in [1.54, 1.807) is 20.8 Å². The first-order chi connectivity index (χ1) is 7.29. The van der Waals surface area contributed by atoms with Gasteiger partial charge in [-0.05, 0) is 5.41 Å². The maximum Gasteiger partial charge on any atom is 0.326 e. The largest absolute Gasteiger partial charge is 0.480 e. The maximum atomic E-state index is 11.3. The minimum atomic E-state index is -1.06. The topological polar surface area (TPSA) is 102 Å². The molecule has 16 heavy (non-hydrogen) atoms. The number of rotatable bonds is 6. The number of nitrogens with one attached hydrogen (secondary N) is 1. The van der Waals surface area contributed by atoms with E-state index in [2.05, 4.69) is 5.32 Å². The highest BCUT2D eigenvalue weighted by atomic mass is 16.5. The quantitative estimate of drug-likeness (QED) is 0.540. The Morgan fingerprint density at radius 1 is 1.44 bits per heavy atom. The Balaban J connectivity index is 4.21. The summed E-state index contributed by atoms with van der Waals surface area (Å²) in [5, 5.41) is 11.4. The van der Waals surface area contributed by atoms with Gasteiger partial charge in [0.1, 0.15) is 12.6 Å². The van der Waals surface area contributed by atoms with Gasteiger partial charge in [0.2, 0.25) is 5.91 Å². The monoisotopic (exact) mass is 232 g/mol. The Labute approximate surface area is 95.1 Å². The van der Waals surface area contributed by atoms with Crippen LogP contribution in [-0.4, -0.2) is 42.8 Å². The molecule has 0 aliphatic carbocycles. The molecule has 0 aliphatic rings. The SMILES string of the molecule is CC(C)(C)[C@H](NC(=O)COCCN)C(=O)O. The smallest absolute Gasteiger partial charge is 0.326 e. The van der Waals surface area contributed by atoms with Crippen LogP contribution in [0.1, 0.15) is 20.8 Å². The highest BCUT2D eigenvalue weighted by Gasteiger charge is 2.32. The average molecular weight is 232 g/mol. The van der Waals surface area contributed by atoms with Gasteiger partial charge >= 0.3 is 5.97 Å². The molecule has 0 unspecified atom stereocenters. The Morgan fingerprint density at radius 2 is 2.00 bits per heavy atom. The number of hydrogen-bond acceptors (Lipinski definition) is 4. The van der Waals surface area contributed by atoms with Crippen molar-refractivity contribution in [3.63, 3.8) is 0 Å². The molecule has 0 fully saturated rings. The number of carboxylic acids is 1. The number of nitrogens with two attached hydrogens (primary N) is 1. The molecule has 1 amide bonds. The molecule has 0 rings (SSSR count). The predicted octanol–water partition coefficient (Wildman–Crippen LogP) is -0.423. The lowest BCUT2D eigenvalue weighted by Gasteiger charge is -2.27. The van der Waals surface area contributed by atoms with Crippen LogP contribution < -0.4 is 11.1 Å². The van der Waals surface area contributed by atoms with Gasteiger partial charge in [-0.2, -0.15) is 0 Å². The first-order valence-corrected chi connectivity index (χ1v) is 5.09. The summed E-state index contributed by atoms with van der Waals surface area (Å²) < 4.78 is 4.91. The van der Waals surface area contributed by atoms with Crippen LogP contribution in [0.15, 0.2) is 0 Å². The number of hydrogen-bond donors (Lipinski definition) is 3. The molecule has 0 radical (unpaired) electrons. The molecule has 6 nitrogen and oxygen atoms in total. The zero-order valence-corrected chi connectivity index (χ0v) is 9.95. The van der Waals surface area contributed by atoms with Gasteiger partial charge in [-0.15, -0.1) is 0 Å². The fourth-order valence-electron chi connectivity index (χ4n) is 1.10. The van der Waals surface area contributed by atoms with E-state index in [1.165, 1.54) is 0 Å². The third-order valence-electron chi connectivity index (χ3n) is 1.91. The normalized spacial score (nSPS) is 13.2. The molecule has 0 aromatic heterocycles. The summed E-state index contributed by atoms with van der Waals surface area (Å²) in [4.78, 5) is 22.3. The lowest BCUT2D eigenvalue weighted by atomic mass is 9.87. The van der Waals surface area contributed by atoms with E-state index in [-0.39, 0.29) is 13.2 Å². The Bertz CT molecular complexity index is 248. The molecule has 94 valence electrons. The summed E-state index contributed by atoms with van der Waals surface area (Å²) >= 11 is 0. The Hall–Kier alpha value is -1.14. The molecular formula is C10H20N2O4. The van der Waals surface area contributed by atoms with Crippen LogP contribution in [-0.2, 0) is 14.3 Å². The van der Waals surface area contributed by atoms with Gasteiger partial charge in [-0.25, -0.2) is 4.79 Å². The van der Waals surface area contributed by atoms with Crippen molar-refractivity contribution in [3.05, 3.63) is 0 Å². The van der Waals surface area contributed by atoms with Crippen molar-refractivity contribution in [1.29, 1.82) is 0 Å². The molecule has 6 heteroatoms. The van der Waals surface area contributed by atoms with Gasteiger partial charge in [0.25, 0.3) is 0 Å². The van der Waals surface area contributed by atoms with Crippen molar-refractivity contribution >= 4 is 11.9 Å². The predicted molar refractivity (Wildman–Crippen MR) is 58.9 cm³/mol. The number of amides is 1. The highest BCUT2D eigenvalue weighted by molar-refractivity contribution is 5.84. The van der Waals surface area contributed by atoms with Crippen LogP contribution in [0.4, 0.5) is 0 Å². The number of aliphatic carboxylic acids is 1. The second kappa shape index (κ2) is 6.44. The van der Waals surface area contributed by atoms with Crippen molar-refractivity contribution in [2.24, 2.45) is 11.1 Å². The lowest BCUT2D eigenvalue weighted by Crippen LogP contribution is -2.50. The molecule has 4 N–H and O–H groups in total. The van der Waals surface area contributed by atoms with Crippen LogP contribution in [0.2, 0.25) is 0 Å². The first kappa shape index (κ1) is 14.9. The van der Waals surface area contributed by atoms with Crippen LogP contribution >= 0.6 is 0 Å². The summed E-state index contributed by atoms with van der Waals surface area (Å²) in [6.07, 6.45) is 0. The number of ether oxygens (including phenoxy) is 1. The minimum Gasteiger partial charge on any atom is -0.480 e. The summed E-state index contributed by atoms with van der Waals surface area (Å²) in [5.41, 5.74) is 4.64. The minimum absolute atomic E-state index is 0.170. The molecule has 0 aliphatic heterocycles. The third kappa shape index (κ3) is 5.67. The molecule has 0 aromatic carbocycles. The fourth-order valence-corrected chi connectivity index (χ4v) is 1.10. The van der Waals surface area contributed by atoms with Crippen LogP contribution in [0.5, 0.6) is 0 Å². The summed E-state index contributed by atoms with van der Waals surface area (Å²) in [6, 6.07) is -0.929. The first-order valence-electron chi connectivity index (χ1n) is 5.09. The van der Waals surface area contributed by atoms with Crippen molar-refractivity contribution < 1.29 is 19.4 Å². The van der Waals surface area contributed by atoms with E-state index in [0.717, 1.165) is 0 Å². The van der Waals surface area contributed by atoms with E-state index < -0.39 is 23.3 Å². The summed E-state index contributed by atoms with van der Waals surface area (Å²) in [5.74, 6) is -1.50. The van der Waals surface area contributed by atoms with Crippen molar-refractivity contribution in [2.45, 2.75) is 26.8 Å². The van der Waals surface area contributed by atoms with Gasteiger partial charge in [0.15, 0.2) is 0 Å².